The van der Waals surface area contributed by atoms with Crippen molar-refractivity contribution >= 4 is 27.7 Å². The highest BCUT2D eigenvalue weighted by Gasteiger charge is 2.29. The Bertz CT molecular complexity index is 517. The molecule has 1 fully saturated rings. The largest absolute Gasteiger partial charge is 0.444 e. The Balaban J connectivity index is 1.94. The van der Waals surface area contributed by atoms with Crippen molar-refractivity contribution in [2.45, 2.75) is 18.9 Å². The van der Waals surface area contributed by atoms with E-state index in [2.05, 4.69) is 21.2 Å². The molecule has 1 unspecified atom stereocenters. The molecule has 1 aliphatic heterocycles. The summed E-state index contributed by atoms with van der Waals surface area (Å²) in [6.45, 7) is 1.62. The molecule has 0 aliphatic carbocycles. The number of likely N-dealkylation sites (N-methyl/N-ethyl adjacent to an activating group) is 2. The van der Waals surface area contributed by atoms with Crippen LogP contribution >= 0.6 is 15.9 Å². The molecule has 1 aromatic heterocycles. The van der Waals surface area contributed by atoms with Gasteiger partial charge < -0.3 is 19.5 Å². The number of furan rings is 1. The average Bonchev–Trinajstić information content (AvgIpc) is 3.07. The molecule has 116 valence electrons. The van der Waals surface area contributed by atoms with E-state index in [1.54, 1.807) is 19.2 Å². The highest BCUT2D eigenvalue weighted by molar-refractivity contribution is 9.10. The van der Waals surface area contributed by atoms with Crippen molar-refractivity contribution in [2.75, 3.05) is 33.7 Å². The van der Waals surface area contributed by atoms with Gasteiger partial charge in [0.15, 0.2) is 10.4 Å². The predicted octanol–water partition coefficient (Wildman–Crippen LogP) is 1.32. The van der Waals surface area contributed by atoms with Gasteiger partial charge in [-0.3, -0.25) is 9.59 Å². The fraction of sp³-hybridized carbons (Fsp3) is 0.571. The first-order chi connectivity index (χ1) is 10.0. The average molecular weight is 358 g/mol. The summed E-state index contributed by atoms with van der Waals surface area (Å²) in [6, 6.07) is 3.48. The standard InChI is InChI=1S/C14H20BrN3O3/c1-16-8-10-4-3-7-18(10)13(19)9-17(2)14(20)11-5-6-12(15)21-11/h5-6,10,16H,3-4,7-9H2,1-2H3. The summed E-state index contributed by atoms with van der Waals surface area (Å²) in [5.74, 6) is -0.0852. The number of nitrogens with one attached hydrogen (secondary N) is 1. The van der Waals surface area contributed by atoms with Crippen molar-refractivity contribution in [1.82, 2.24) is 15.1 Å². The number of likely N-dealkylation sites (tertiary alicyclic amines) is 1. The van der Waals surface area contributed by atoms with Gasteiger partial charge in [0.25, 0.3) is 5.91 Å². The van der Waals surface area contributed by atoms with E-state index in [1.807, 2.05) is 11.9 Å². The van der Waals surface area contributed by atoms with Gasteiger partial charge in [-0.1, -0.05) is 0 Å². The first kappa shape index (κ1) is 16.0. The van der Waals surface area contributed by atoms with Gasteiger partial charge in [-0.25, -0.2) is 0 Å². The first-order valence-corrected chi connectivity index (χ1v) is 7.77. The number of carbonyl (C=O) groups is 2. The summed E-state index contributed by atoms with van der Waals surface area (Å²) in [5, 5.41) is 3.10. The van der Waals surface area contributed by atoms with E-state index in [1.165, 1.54) is 4.90 Å². The van der Waals surface area contributed by atoms with E-state index in [0.717, 1.165) is 25.9 Å². The maximum absolute atomic E-state index is 12.3. The van der Waals surface area contributed by atoms with Crippen molar-refractivity contribution in [3.8, 4) is 0 Å². The molecular weight excluding hydrogens is 338 g/mol. The molecule has 1 atom stereocenters. The maximum Gasteiger partial charge on any atom is 0.289 e. The lowest BCUT2D eigenvalue weighted by atomic mass is 10.2. The molecule has 6 nitrogen and oxygen atoms in total. The molecule has 0 bridgehead atoms. The normalized spacial score (nSPS) is 18.0. The van der Waals surface area contributed by atoms with Crippen molar-refractivity contribution in [1.29, 1.82) is 0 Å². The van der Waals surface area contributed by atoms with E-state index in [4.69, 9.17) is 4.42 Å². The Kier molecular flexibility index (Phi) is 5.41. The number of carbonyl (C=O) groups excluding carboxylic acids is 2. The summed E-state index contributed by atoms with van der Waals surface area (Å²) in [6.07, 6.45) is 2.02. The molecule has 2 heterocycles. The first-order valence-electron chi connectivity index (χ1n) is 6.97. The number of halogens is 1. The van der Waals surface area contributed by atoms with Crippen LogP contribution in [-0.4, -0.2) is 61.4 Å². The van der Waals surface area contributed by atoms with Gasteiger partial charge in [0.05, 0.1) is 6.54 Å². The SMILES string of the molecule is CNCC1CCCN1C(=O)CN(C)C(=O)c1ccc(Br)o1. The lowest BCUT2D eigenvalue weighted by molar-refractivity contribution is -0.132. The second-order valence-corrected chi connectivity index (χ2v) is 5.99. The van der Waals surface area contributed by atoms with E-state index < -0.39 is 0 Å². The zero-order chi connectivity index (χ0) is 15.4. The van der Waals surface area contributed by atoms with Gasteiger partial charge in [-0.15, -0.1) is 0 Å². The third-order valence-electron chi connectivity index (χ3n) is 3.64. The molecule has 21 heavy (non-hydrogen) atoms. The third-order valence-corrected chi connectivity index (χ3v) is 4.07. The smallest absolute Gasteiger partial charge is 0.289 e. The summed E-state index contributed by atoms with van der Waals surface area (Å²) >= 11 is 3.16. The number of hydrogen-bond acceptors (Lipinski definition) is 4. The predicted molar refractivity (Wildman–Crippen MR) is 82.0 cm³/mol. The molecule has 1 N–H and O–H groups in total. The van der Waals surface area contributed by atoms with Crippen LogP contribution in [0.4, 0.5) is 0 Å². The van der Waals surface area contributed by atoms with Crippen LogP contribution in [0.15, 0.2) is 21.2 Å². The number of amides is 2. The third kappa shape index (κ3) is 3.85. The monoisotopic (exact) mass is 357 g/mol. The summed E-state index contributed by atoms with van der Waals surface area (Å²) < 4.78 is 5.72. The number of rotatable bonds is 5. The lowest BCUT2D eigenvalue weighted by Crippen LogP contribution is -2.46. The van der Waals surface area contributed by atoms with Gasteiger partial charge in [0.1, 0.15) is 0 Å². The van der Waals surface area contributed by atoms with Crippen LogP contribution in [0.2, 0.25) is 0 Å². The Morgan fingerprint density at radius 3 is 2.90 bits per heavy atom. The Morgan fingerprint density at radius 1 is 1.52 bits per heavy atom. The maximum atomic E-state index is 12.3. The summed E-state index contributed by atoms with van der Waals surface area (Å²) in [4.78, 5) is 27.7. The minimum absolute atomic E-state index is 0.0192. The van der Waals surface area contributed by atoms with E-state index in [0.29, 0.717) is 4.67 Å². The Labute approximate surface area is 132 Å². The Morgan fingerprint density at radius 2 is 2.29 bits per heavy atom. The summed E-state index contributed by atoms with van der Waals surface area (Å²) in [5.41, 5.74) is 0. The fourth-order valence-corrected chi connectivity index (χ4v) is 2.90. The second-order valence-electron chi connectivity index (χ2n) is 5.21. The molecule has 7 heteroatoms. The van der Waals surface area contributed by atoms with E-state index >= 15 is 0 Å². The molecule has 1 aromatic rings. The zero-order valence-electron chi connectivity index (χ0n) is 12.3. The van der Waals surface area contributed by atoms with Gasteiger partial charge in [-0.2, -0.15) is 0 Å². The van der Waals surface area contributed by atoms with Crippen molar-refractivity contribution in [3.63, 3.8) is 0 Å². The van der Waals surface area contributed by atoms with Gasteiger partial charge in [0.2, 0.25) is 5.91 Å². The minimum atomic E-state index is -0.293. The van der Waals surface area contributed by atoms with Crippen LogP contribution in [-0.2, 0) is 4.79 Å². The minimum Gasteiger partial charge on any atom is -0.444 e. The molecule has 2 amide bonds. The fourth-order valence-electron chi connectivity index (χ4n) is 2.59. The zero-order valence-corrected chi connectivity index (χ0v) is 13.9. The quantitative estimate of drug-likeness (QED) is 0.863. The van der Waals surface area contributed by atoms with Crippen LogP contribution in [0.5, 0.6) is 0 Å². The molecule has 2 rings (SSSR count). The van der Waals surface area contributed by atoms with Crippen molar-refractivity contribution in [3.05, 3.63) is 22.6 Å². The second kappa shape index (κ2) is 7.09. The Hall–Kier alpha value is -1.34. The lowest BCUT2D eigenvalue weighted by Gasteiger charge is -2.26. The van der Waals surface area contributed by atoms with Gasteiger partial charge in [0, 0.05) is 26.2 Å². The highest BCUT2D eigenvalue weighted by atomic mass is 79.9. The molecule has 1 saturated heterocycles. The topological polar surface area (TPSA) is 65.8 Å². The van der Waals surface area contributed by atoms with E-state index in [-0.39, 0.29) is 30.2 Å². The van der Waals surface area contributed by atoms with Crippen molar-refractivity contribution < 1.29 is 14.0 Å². The van der Waals surface area contributed by atoms with Crippen LogP contribution in [0.25, 0.3) is 0 Å². The van der Waals surface area contributed by atoms with Crippen LogP contribution in [0, 0.1) is 0 Å². The molecule has 0 radical (unpaired) electrons. The van der Waals surface area contributed by atoms with E-state index in [9.17, 15) is 9.59 Å². The van der Waals surface area contributed by atoms with Gasteiger partial charge >= 0.3 is 0 Å². The van der Waals surface area contributed by atoms with Crippen molar-refractivity contribution in [2.24, 2.45) is 0 Å². The molecule has 1 aliphatic rings. The van der Waals surface area contributed by atoms with Crippen LogP contribution in [0.3, 0.4) is 0 Å². The molecule has 0 saturated carbocycles. The summed E-state index contributed by atoms with van der Waals surface area (Å²) in [7, 11) is 3.49. The number of hydrogen-bond donors (Lipinski definition) is 1. The molecule has 0 aromatic carbocycles. The molecule has 0 spiro atoms. The number of nitrogens with zero attached hydrogens (tertiary/aromatic N) is 2. The van der Waals surface area contributed by atoms with Gasteiger partial charge in [-0.05, 0) is 48.0 Å². The molecular formula is C14H20BrN3O3. The highest BCUT2D eigenvalue weighted by Crippen LogP contribution is 2.18. The van der Waals surface area contributed by atoms with Crippen LogP contribution in [0.1, 0.15) is 23.4 Å². The van der Waals surface area contributed by atoms with Crippen LogP contribution < -0.4 is 5.32 Å².